The molecule has 0 bridgehead atoms. The van der Waals surface area contributed by atoms with Crippen molar-refractivity contribution in [2.75, 3.05) is 0 Å². The lowest BCUT2D eigenvalue weighted by molar-refractivity contribution is 0.453. The number of nitrogens with two attached hydrogens (primary N) is 1. The van der Waals surface area contributed by atoms with Crippen molar-refractivity contribution in [1.29, 1.82) is 0 Å². The SMILES string of the molecule is Cc1ccc(CN)c(Oc2cccnc2)n1. The van der Waals surface area contributed by atoms with E-state index in [1.54, 1.807) is 12.4 Å². The molecule has 2 aromatic rings. The second kappa shape index (κ2) is 4.72. The Hall–Kier alpha value is -1.94. The fraction of sp³-hybridized carbons (Fsp3) is 0.167. The van der Waals surface area contributed by atoms with Gasteiger partial charge in [0.25, 0.3) is 0 Å². The zero-order valence-electron chi connectivity index (χ0n) is 9.05. The lowest BCUT2D eigenvalue weighted by Gasteiger charge is -2.08. The number of hydrogen-bond acceptors (Lipinski definition) is 4. The summed E-state index contributed by atoms with van der Waals surface area (Å²) in [5.74, 6) is 1.21. The molecular formula is C12H13N3O. The van der Waals surface area contributed by atoms with E-state index >= 15 is 0 Å². The summed E-state index contributed by atoms with van der Waals surface area (Å²) in [4.78, 5) is 8.28. The van der Waals surface area contributed by atoms with Crippen LogP contribution < -0.4 is 10.5 Å². The van der Waals surface area contributed by atoms with Gasteiger partial charge in [-0.1, -0.05) is 6.07 Å². The van der Waals surface area contributed by atoms with Gasteiger partial charge in [-0.25, -0.2) is 4.98 Å². The minimum absolute atomic E-state index is 0.406. The molecule has 0 aromatic carbocycles. The van der Waals surface area contributed by atoms with Crippen molar-refractivity contribution in [3.8, 4) is 11.6 Å². The second-order valence-electron chi connectivity index (χ2n) is 3.41. The number of ether oxygens (including phenoxy) is 1. The lowest BCUT2D eigenvalue weighted by Crippen LogP contribution is -2.02. The molecule has 0 aliphatic rings. The minimum atomic E-state index is 0.406. The number of hydrogen-bond donors (Lipinski definition) is 1. The third-order valence-corrected chi connectivity index (χ3v) is 2.15. The van der Waals surface area contributed by atoms with Gasteiger partial charge in [0.2, 0.25) is 5.88 Å². The van der Waals surface area contributed by atoms with Crippen LogP contribution in [-0.4, -0.2) is 9.97 Å². The van der Waals surface area contributed by atoms with E-state index in [0.717, 1.165) is 11.3 Å². The molecule has 4 heteroatoms. The minimum Gasteiger partial charge on any atom is -0.437 e. The van der Waals surface area contributed by atoms with Crippen LogP contribution in [0.2, 0.25) is 0 Å². The quantitative estimate of drug-likeness (QED) is 0.851. The highest BCUT2D eigenvalue weighted by molar-refractivity contribution is 5.32. The molecule has 0 amide bonds. The Labute approximate surface area is 94.1 Å². The van der Waals surface area contributed by atoms with E-state index in [2.05, 4.69) is 9.97 Å². The fourth-order valence-corrected chi connectivity index (χ4v) is 1.32. The van der Waals surface area contributed by atoms with Crippen molar-refractivity contribution >= 4 is 0 Å². The molecule has 0 aliphatic carbocycles. The summed E-state index contributed by atoms with van der Waals surface area (Å²) in [7, 11) is 0. The molecule has 2 N–H and O–H groups in total. The van der Waals surface area contributed by atoms with Gasteiger partial charge in [0.15, 0.2) is 0 Å². The first-order valence-corrected chi connectivity index (χ1v) is 5.04. The lowest BCUT2D eigenvalue weighted by atomic mass is 10.2. The van der Waals surface area contributed by atoms with E-state index in [0.29, 0.717) is 18.2 Å². The maximum atomic E-state index is 5.63. The van der Waals surface area contributed by atoms with Crippen LogP contribution >= 0.6 is 0 Å². The summed E-state index contributed by atoms with van der Waals surface area (Å²) < 4.78 is 5.63. The van der Waals surface area contributed by atoms with E-state index in [4.69, 9.17) is 10.5 Å². The molecule has 0 saturated heterocycles. The van der Waals surface area contributed by atoms with Crippen molar-refractivity contribution in [3.63, 3.8) is 0 Å². The maximum Gasteiger partial charge on any atom is 0.224 e. The first kappa shape index (κ1) is 10.6. The predicted octanol–water partition coefficient (Wildman–Crippen LogP) is 2.04. The molecule has 0 spiro atoms. The van der Waals surface area contributed by atoms with Crippen LogP contribution in [0.5, 0.6) is 11.6 Å². The summed E-state index contributed by atoms with van der Waals surface area (Å²) >= 11 is 0. The highest BCUT2D eigenvalue weighted by atomic mass is 16.5. The zero-order chi connectivity index (χ0) is 11.4. The smallest absolute Gasteiger partial charge is 0.224 e. The molecule has 0 radical (unpaired) electrons. The Balaban J connectivity index is 2.30. The topological polar surface area (TPSA) is 61.0 Å². The van der Waals surface area contributed by atoms with E-state index < -0.39 is 0 Å². The van der Waals surface area contributed by atoms with Gasteiger partial charge in [-0.15, -0.1) is 0 Å². The van der Waals surface area contributed by atoms with Crippen LogP contribution in [0.15, 0.2) is 36.7 Å². The number of aromatic nitrogens is 2. The van der Waals surface area contributed by atoms with E-state index in [-0.39, 0.29) is 0 Å². The van der Waals surface area contributed by atoms with Crippen LogP contribution in [-0.2, 0) is 6.54 Å². The monoisotopic (exact) mass is 215 g/mol. The largest absolute Gasteiger partial charge is 0.437 e. The van der Waals surface area contributed by atoms with E-state index in [9.17, 15) is 0 Å². The molecule has 0 atom stereocenters. The number of pyridine rings is 2. The highest BCUT2D eigenvalue weighted by Gasteiger charge is 2.05. The molecule has 2 rings (SSSR count). The molecule has 2 heterocycles. The highest BCUT2D eigenvalue weighted by Crippen LogP contribution is 2.22. The summed E-state index contributed by atoms with van der Waals surface area (Å²) in [6.45, 7) is 2.32. The van der Waals surface area contributed by atoms with Crippen molar-refractivity contribution in [3.05, 3.63) is 47.9 Å². The van der Waals surface area contributed by atoms with Crippen molar-refractivity contribution in [2.45, 2.75) is 13.5 Å². The number of nitrogens with zero attached hydrogens (tertiary/aromatic N) is 2. The first-order valence-electron chi connectivity index (χ1n) is 5.04. The molecule has 0 aliphatic heterocycles. The summed E-state index contributed by atoms with van der Waals surface area (Å²) in [5, 5.41) is 0. The van der Waals surface area contributed by atoms with E-state index in [1.165, 1.54) is 0 Å². The number of rotatable bonds is 3. The Morgan fingerprint density at radius 3 is 2.88 bits per heavy atom. The molecular weight excluding hydrogens is 202 g/mol. The third-order valence-electron chi connectivity index (χ3n) is 2.15. The van der Waals surface area contributed by atoms with Crippen molar-refractivity contribution in [2.24, 2.45) is 5.73 Å². The van der Waals surface area contributed by atoms with Gasteiger partial charge in [-0.05, 0) is 25.1 Å². The predicted molar refractivity (Wildman–Crippen MR) is 61.2 cm³/mol. The van der Waals surface area contributed by atoms with Crippen LogP contribution in [0.3, 0.4) is 0 Å². The molecule has 82 valence electrons. The molecule has 0 fully saturated rings. The zero-order valence-corrected chi connectivity index (χ0v) is 9.05. The van der Waals surface area contributed by atoms with Gasteiger partial charge in [0.1, 0.15) is 5.75 Å². The molecule has 0 unspecified atom stereocenters. The Morgan fingerprint density at radius 2 is 2.19 bits per heavy atom. The van der Waals surface area contributed by atoms with Gasteiger partial charge in [-0.2, -0.15) is 0 Å². The number of aryl methyl sites for hydroxylation is 1. The standard InChI is InChI=1S/C12H13N3O/c1-9-4-5-10(7-13)12(15-9)16-11-3-2-6-14-8-11/h2-6,8H,7,13H2,1H3. The normalized spacial score (nSPS) is 10.1. The van der Waals surface area contributed by atoms with E-state index in [1.807, 2.05) is 31.2 Å². The average molecular weight is 215 g/mol. The van der Waals surface area contributed by atoms with Crippen LogP contribution in [0.25, 0.3) is 0 Å². The molecule has 2 aromatic heterocycles. The Kier molecular flexibility index (Phi) is 3.12. The van der Waals surface area contributed by atoms with Crippen LogP contribution in [0.4, 0.5) is 0 Å². The fourth-order valence-electron chi connectivity index (χ4n) is 1.32. The van der Waals surface area contributed by atoms with Gasteiger partial charge in [0.05, 0.1) is 6.20 Å². The molecule has 16 heavy (non-hydrogen) atoms. The first-order chi connectivity index (χ1) is 7.79. The van der Waals surface area contributed by atoms with Crippen LogP contribution in [0.1, 0.15) is 11.3 Å². The Morgan fingerprint density at radius 1 is 1.31 bits per heavy atom. The third kappa shape index (κ3) is 2.35. The Bertz CT molecular complexity index is 471. The maximum absolute atomic E-state index is 5.63. The van der Waals surface area contributed by atoms with Crippen LogP contribution in [0, 0.1) is 6.92 Å². The van der Waals surface area contributed by atoms with Gasteiger partial charge < -0.3 is 10.5 Å². The van der Waals surface area contributed by atoms with Gasteiger partial charge in [0, 0.05) is 24.0 Å². The molecule has 4 nitrogen and oxygen atoms in total. The summed E-state index contributed by atoms with van der Waals surface area (Å²) in [6, 6.07) is 7.48. The van der Waals surface area contributed by atoms with Crippen molar-refractivity contribution in [1.82, 2.24) is 9.97 Å². The summed E-state index contributed by atoms with van der Waals surface area (Å²) in [6.07, 6.45) is 3.34. The van der Waals surface area contributed by atoms with Gasteiger partial charge >= 0.3 is 0 Å². The molecule has 0 saturated carbocycles. The second-order valence-corrected chi connectivity index (χ2v) is 3.41. The average Bonchev–Trinajstić information content (AvgIpc) is 2.31. The van der Waals surface area contributed by atoms with Gasteiger partial charge in [-0.3, -0.25) is 4.98 Å². The summed E-state index contributed by atoms with van der Waals surface area (Å²) in [5.41, 5.74) is 7.40. The van der Waals surface area contributed by atoms with Crippen molar-refractivity contribution < 1.29 is 4.74 Å².